The summed E-state index contributed by atoms with van der Waals surface area (Å²) in [6.45, 7) is 1.74. The van der Waals surface area contributed by atoms with Gasteiger partial charge in [0.15, 0.2) is 12.4 Å². The van der Waals surface area contributed by atoms with E-state index in [-0.39, 0.29) is 23.5 Å². The van der Waals surface area contributed by atoms with Gasteiger partial charge in [0.25, 0.3) is 11.6 Å². The van der Waals surface area contributed by atoms with Gasteiger partial charge in [0.2, 0.25) is 0 Å². The maximum atomic E-state index is 12.1. The maximum absolute atomic E-state index is 12.1. The lowest BCUT2D eigenvalue weighted by Crippen LogP contribution is -2.36. The van der Waals surface area contributed by atoms with Crippen LogP contribution in [0, 0.1) is 10.1 Å². The van der Waals surface area contributed by atoms with Crippen LogP contribution in [0.4, 0.5) is 5.69 Å². The van der Waals surface area contributed by atoms with Crippen molar-refractivity contribution in [1.29, 1.82) is 0 Å². The molecule has 25 heavy (non-hydrogen) atoms. The summed E-state index contributed by atoms with van der Waals surface area (Å²) in [5.74, 6) is -0.309. The average Bonchev–Trinajstić information content (AvgIpc) is 2.60. The summed E-state index contributed by atoms with van der Waals surface area (Å²) in [6.07, 6.45) is -0.459. The second kappa shape index (κ2) is 8.25. The first-order valence-electron chi connectivity index (χ1n) is 7.33. The van der Waals surface area contributed by atoms with Crippen molar-refractivity contribution < 1.29 is 19.2 Å². The smallest absolute Gasteiger partial charge is 0.270 e. The van der Waals surface area contributed by atoms with Crippen LogP contribution in [-0.2, 0) is 11.3 Å². The Morgan fingerprint density at radius 1 is 1.36 bits per heavy atom. The number of rotatable bonds is 7. The minimum atomic E-state index is -0.900. The molecule has 2 aromatic rings. The van der Waals surface area contributed by atoms with Crippen LogP contribution in [0.15, 0.2) is 42.5 Å². The number of benzene rings is 2. The summed E-state index contributed by atoms with van der Waals surface area (Å²) in [7, 11) is 0. The molecule has 1 amide bonds. The fourth-order valence-corrected chi connectivity index (χ4v) is 2.26. The number of nitrogens with zero attached hydrogens (tertiary/aromatic N) is 1. The molecule has 0 heterocycles. The highest BCUT2D eigenvalue weighted by Gasteiger charge is 2.18. The van der Waals surface area contributed by atoms with Crippen LogP contribution in [0.1, 0.15) is 22.8 Å². The highest BCUT2D eigenvalue weighted by atomic mass is 35.5. The molecule has 0 fully saturated rings. The minimum Gasteiger partial charge on any atom is -0.480 e. The summed E-state index contributed by atoms with van der Waals surface area (Å²) in [5.41, 5.74) is 0.527. The van der Waals surface area contributed by atoms with Gasteiger partial charge in [-0.05, 0) is 24.6 Å². The molecule has 2 rings (SSSR count). The van der Waals surface area contributed by atoms with E-state index in [1.54, 1.807) is 24.3 Å². The summed E-state index contributed by atoms with van der Waals surface area (Å²) < 4.78 is 5.45. The van der Waals surface area contributed by atoms with Crippen LogP contribution in [0.2, 0.25) is 5.02 Å². The SMILES string of the molecule is C[C@H](Oc1ccc([N+](=O)[O-])cc1C=O)C(=O)NCc1ccccc1Cl. The molecule has 0 aliphatic carbocycles. The summed E-state index contributed by atoms with van der Waals surface area (Å²) in [4.78, 5) is 33.3. The quantitative estimate of drug-likeness (QED) is 0.463. The van der Waals surface area contributed by atoms with Gasteiger partial charge in [-0.3, -0.25) is 19.7 Å². The van der Waals surface area contributed by atoms with E-state index >= 15 is 0 Å². The fraction of sp³-hybridized carbons (Fsp3) is 0.176. The van der Waals surface area contributed by atoms with Crippen LogP contribution in [0.3, 0.4) is 0 Å². The van der Waals surface area contributed by atoms with Crippen molar-refractivity contribution in [2.45, 2.75) is 19.6 Å². The number of aldehydes is 1. The molecule has 0 spiro atoms. The number of nitro groups is 1. The third kappa shape index (κ3) is 4.77. The zero-order valence-electron chi connectivity index (χ0n) is 13.3. The largest absolute Gasteiger partial charge is 0.480 e. The van der Waals surface area contributed by atoms with E-state index in [1.165, 1.54) is 19.1 Å². The number of amides is 1. The molecule has 0 unspecified atom stereocenters. The third-order valence-corrected chi connectivity index (χ3v) is 3.78. The van der Waals surface area contributed by atoms with E-state index in [1.807, 2.05) is 0 Å². The van der Waals surface area contributed by atoms with Gasteiger partial charge in [-0.15, -0.1) is 0 Å². The van der Waals surface area contributed by atoms with Crippen LogP contribution in [0.25, 0.3) is 0 Å². The van der Waals surface area contributed by atoms with Gasteiger partial charge >= 0.3 is 0 Å². The van der Waals surface area contributed by atoms with Gasteiger partial charge in [0, 0.05) is 23.7 Å². The number of ether oxygens (including phenoxy) is 1. The maximum Gasteiger partial charge on any atom is 0.270 e. The van der Waals surface area contributed by atoms with Crippen LogP contribution < -0.4 is 10.1 Å². The topological polar surface area (TPSA) is 98.5 Å². The number of nitro benzene ring substituents is 1. The number of non-ortho nitro benzene ring substituents is 1. The van der Waals surface area contributed by atoms with Gasteiger partial charge < -0.3 is 10.1 Å². The highest BCUT2D eigenvalue weighted by Crippen LogP contribution is 2.23. The van der Waals surface area contributed by atoms with Crippen molar-refractivity contribution in [3.8, 4) is 5.75 Å². The summed E-state index contributed by atoms with van der Waals surface area (Å²) in [6, 6.07) is 10.7. The van der Waals surface area contributed by atoms with Crippen molar-refractivity contribution in [2.24, 2.45) is 0 Å². The van der Waals surface area contributed by atoms with Crippen molar-refractivity contribution in [3.63, 3.8) is 0 Å². The van der Waals surface area contributed by atoms with Gasteiger partial charge in [-0.1, -0.05) is 29.8 Å². The third-order valence-electron chi connectivity index (χ3n) is 3.42. The standard InChI is InChI=1S/C17H15ClN2O5/c1-11(17(22)19-9-12-4-2-3-5-15(12)18)25-16-7-6-14(20(23)24)8-13(16)10-21/h2-8,10-11H,9H2,1H3,(H,19,22)/t11-/m0/s1. The van der Waals surface area contributed by atoms with E-state index in [0.717, 1.165) is 11.6 Å². The lowest BCUT2D eigenvalue weighted by Gasteiger charge is -2.16. The lowest BCUT2D eigenvalue weighted by molar-refractivity contribution is -0.384. The zero-order valence-corrected chi connectivity index (χ0v) is 14.0. The van der Waals surface area contributed by atoms with E-state index in [0.29, 0.717) is 11.3 Å². The van der Waals surface area contributed by atoms with Gasteiger partial charge in [-0.2, -0.15) is 0 Å². The second-order valence-corrected chi connectivity index (χ2v) is 5.57. The zero-order chi connectivity index (χ0) is 18.4. The normalized spacial score (nSPS) is 11.4. The van der Waals surface area contributed by atoms with Crippen LogP contribution >= 0.6 is 11.6 Å². The lowest BCUT2D eigenvalue weighted by atomic mass is 10.2. The molecular weight excluding hydrogens is 348 g/mol. The Bertz CT molecular complexity index is 809. The Morgan fingerprint density at radius 3 is 2.72 bits per heavy atom. The van der Waals surface area contributed by atoms with E-state index in [2.05, 4.69) is 5.32 Å². The number of nitrogens with one attached hydrogen (secondary N) is 1. The Labute approximate surface area is 148 Å². The first-order valence-corrected chi connectivity index (χ1v) is 7.71. The molecule has 8 heteroatoms. The number of hydrogen-bond acceptors (Lipinski definition) is 5. The Balaban J connectivity index is 2.02. The molecule has 0 aromatic heterocycles. The number of carbonyl (C=O) groups excluding carboxylic acids is 2. The molecule has 2 aromatic carbocycles. The monoisotopic (exact) mass is 362 g/mol. The number of hydrogen-bond donors (Lipinski definition) is 1. The molecule has 0 aliphatic heterocycles. The first kappa shape index (κ1) is 18.4. The molecular formula is C17H15ClN2O5. The van der Waals surface area contributed by atoms with Crippen LogP contribution in [-0.4, -0.2) is 23.2 Å². The molecule has 0 aliphatic rings. The highest BCUT2D eigenvalue weighted by molar-refractivity contribution is 6.31. The molecule has 0 radical (unpaired) electrons. The summed E-state index contributed by atoms with van der Waals surface area (Å²) >= 11 is 6.02. The Morgan fingerprint density at radius 2 is 2.08 bits per heavy atom. The molecule has 130 valence electrons. The molecule has 1 N–H and O–H groups in total. The Kier molecular flexibility index (Phi) is 6.08. The molecule has 1 atom stereocenters. The predicted molar refractivity (Wildman–Crippen MR) is 91.9 cm³/mol. The van der Waals surface area contributed by atoms with Gasteiger partial charge in [0.05, 0.1) is 10.5 Å². The molecule has 0 saturated heterocycles. The molecule has 7 nitrogen and oxygen atoms in total. The van der Waals surface area contributed by atoms with Crippen molar-refractivity contribution >= 4 is 29.5 Å². The molecule has 0 bridgehead atoms. The summed E-state index contributed by atoms with van der Waals surface area (Å²) in [5, 5.41) is 14.0. The Hall–Kier alpha value is -2.93. The minimum absolute atomic E-state index is 0.0000428. The van der Waals surface area contributed by atoms with Gasteiger partial charge in [-0.25, -0.2) is 0 Å². The van der Waals surface area contributed by atoms with Crippen LogP contribution in [0.5, 0.6) is 5.75 Å². The fourth-order valence-electron chi connectivity index (χ4n) is 2.06. The second-order valence-electron chi connectivity index (χ2n) is 5.17. The predicted octanol–water partition coefficient (Wildman–Crippen LogP) is 3.14. The first-order chi connectivity index (χ1) is 11.9. The van der Waals surface area contributed by atoms with Gasteiger partial charge in [0.1, 0.15) is 5.75 Å². The van der Waals surface area contributed by atoms with E-state index in [4.69, 9.17) is 16.3 Å². The van der Waals surface area contributed by atoms with E-state index in [9.17, 15) is 19.7 Å². The van der Waals surface area contributed by atoms with Crippen molar-refractivity contribution in [3.05, 3.63) is 68.7 Å². The van der Waals surface area contributed by atoms with E-state index < -0.39 is 16.9 Å². The molecule has 0 saturated carbocycles. The van der Waals surface area contributed by atoms with Crippen molar-refractivity contribution in [2.75, 3.05) is 0 Å². The average molecular weight is 363 g/mol. The number of halogens is 1. The number of carbonyl (C=O) groups is 2. The van der Waals surface area contributed by atoms with Crippen molar-refractivity contribution in [1.82, 2.24) is 5.32 Å².